The first-order valence-electron chi connectivity index (χ1n) is 9.46. The number of thiazole rings is 1. The molecule has 2 aromatic heterocycles. The highest BCUT2D eigenvalue weighted by Crippen LogP contribution is 2.30. The maximum absolute atomic E-state index is 12.9. The molecule has 2 heterocycles. The second-order valence-electron chi connectivity index (χ2n) is 6.81. The Labute approximate surface area is 182 Å². The number of hydrogen-bond donors (Lipinski definition) is 1. The Balaban J connectivity index is 1.59. The number of hydrogen-bond acceptors (Lipinski definition) is 5. The van der Waals surface area contributed by atoms with Crippen LogP contribution in [0.25, 0.3) is 21.5 Å². The fourth-order valence-corrected chi connectivity index (χ4v) is 4.20. The number of halogens is 1. The van der Waals surface area contributed by atoms with E-state index in [-0.39, 0.29) is 18.0 Å². The number of rotatable bonds is 6. The minimum atomic E-state index is -0.370. The molecular formula is C22H19ClN4O2S. The van der Waals surface area contributed by atoms with Crippen molar-refractivity contribution < 1.29 is 4.79 Å². The monoisotopic (exact) mass is 438 g/mol. The summed E-state index contributed by atoms with van der Waals surface area (Å²) in [5, 5.41) is 8.72. The molecule has 152 valence electrons. The van der Waals surface area contributed by atoms with Crippen LogP contribution < -0.4 is 10.9 Å². The van der Waals surface area contributed by atoms with Gasteiger partial charge in [-0.05, 0) is 31.0 Å². The summed E-state index contributed by atoms with van der Waals surface area (Å²) in [4.78, 5) is 29.7. The highest BCUT2D eigenvalue weighted by atomic mass is 35.5. The van der Waals surface area contributed by atoms with Crippen LogP contribution in [-0.2, 0) is 17.8 Å². The molecule has 0 spiro atoms. The summed E-state index contributed by atoms with van der Waals surface area (Å²) in [6.45, 7) is 2.16. The SMILES string of the molecule is Cc1nc2c(=O)n(CC(=O)NCCc3ccccc3)nc(-c3ccc(Cl)cc3)c2s1. The van der Waals surface area contributed by atoms with Gasteiger partial charge in [-0.25, -0.2) is 9.67 Å². The topological polar surface area (TPSA) is 76.9 Å². The van der Waals surface area contributed by atoms with Crippen LogP contribution in [-0.4, -0.2) is 27.2 Å². The van der Waals surface area contributed by atoms with Gasteiger partial charge in [-0.1, -0.05) is 54.1 Å². The van der Waals surface area contributed by atoms with Crippen molar-refractivity contribution in [3.8, 4) is 11.3 Å². The Morgan fingerprint density at radius 2 is 1.87 bits per heavy atom. The van der Waals surface area contributed by atoms with E-state index in [1.165, 1.54) is 16.0 Å². The maximum Gasteiger partial charge on any atom is 0.294 e. The summed E-state index contributed by atoms with van der Waals surface area (Å²) in [5.74, 6) is -0.270. The molecule has 0 aliphatic rings. The minimum Gasteiger partial charge on any atom is -0.354 e. The van der Waals surface area contributed by atoms with Gasteiger partial charge in [0.25, 0.3) is 5.56 Å². The molecule has 1 N–H and O–H groups in total. The smallest absolute Gasteiger partial charge is 0.294 e. The number of carbonyl (C=O) groups excluding carboxylic acids is 1. The molecule has 4 aromatic rings. The Morgan fingerprint density at radius 1 is 1.13 bits per heavy atom. The molecule has 2 aromatic carbocycles. The highest BCUT2D eigenvalue weighted by Gasteiger charge is 2.17. The van der Waals surface area contributed by atoms with Crippen LogP contribution in [0.5, 0.6) is 0 Å². The summed E-state index contributed by atoms with van der Waals surface area (Å²) < 4.78 is 1.89. The molecule has 0 unspecified atom stereocenters. The van der Waals surface area contributed by atoms with Gasteiger partial charge in [0, 0.05) is 17.1 Å². The van der Waals surface area contributed by atoms with Crippen molar-refractivity contribution in [1.29, 1.82) is 0 Å². The Kier molecular flexibility index (Phi) is 5.92. The van der Waals surface area contributed by atoms with E-state index in [0.717, 1.165) is 22.6 Å². The van der Waals surface area contributed by atoms with Gasteiger partial charge in [-0.3, -0.25) is 9.59 Å². The number of benzene rings is 2. The maximum atomic E-state index is 12.9. The van der Waals surface area contributed by atoms with Gasteiger partial charge in [0.15, 0.2) is 5.52 Å². The Hall–Kier alpha value is -3.03. The van der Waals surface area contributed by atoms with Crippen LogP contribution in [0.4, 0.5) is 0 Å². The molecule has 0 bridgehead atoms. The predicted molar refractivity (Wildman–Crippen MR) is 120 cm³/mol. The van der Waals surface area contributed by atoms with E-state index in [4.69, 9.17) is 11.6 Å². The first-order valence-corrected chi connectivity index (χ1v) is 10.7. The number of nitrogens with one attached hydrogen (secondary N) is 1. The van der Waals surface area contributed by atoms with Gasteiger partial charge in [0.05, 0.1) is 9.71 Å². The third kappa shape index (κ3) is 4.42. The van der Waals surface area contributed by atoms with E-state index in [1.54, 1.807) is 12.1 Å². The van der Waals surface area contributed by atoms with Gasteiger partial charge < -0.3 is 5.32 Å². The summed E-state index contributed by atoms with van der Waals surface area (Å²) in [5.41, 5.74) is 2.52. The molecule has 0 radical (unpaired) electrons. The van der Waals surface area contributed by atoms with Crippen LogP contribution in [0.3, 0.4) is 0 Å². The van der Waals surface area contributed by atoms with Crippen molar-refractivity contribution in [2.75, 3.05) is 6.54 Å². The zero-order valence-electron chi connectivity index (χ0n) is 16.3. The molecule has 6 nitrogen and oxygen atoms in total. The molecule has 0 saturated carbocycles. The molecule has 0 aliphatic carbocycles. The quantitative estimate of drug-likeness (QED) is 0.496. The van der Waals surface area contributed by atoms with Crippen LogP contribution in [0, 0.1) is 6.92 Å². The first-order chi connectivity index (χ1) is 14.5. The third-order valence-electron chi connectivity index (χ3n) is 4.60. The van der Waals surface area contributed by atoms with E-state index < -0.39 is 0 Å². The summed E-state index contributed by atoms with van der Waals surface area (Å²) in [6.07, 6.45) is 0.718. The predicted octanol–water partition coefficient (Wildman–Crippen LogP) is 3.84. The summed E-state index contributed by atoms with van der Waals surface area (Å²) >= 11 is 7.41. The number of amides is 1. The standard InChI is InChI=1S/C22H19ClN4O2S/c1-14-25-20-21(30-14)19(16-7-9-17(23)10-8-16)26-27(22(20)29)13-18(28)24-12-11-15-5-3-2-4-6-15/h2-10H,11-13H2,1H3,(H,24,28). The number of aromatic nitrogens is 3. The van der Waals surface area contributed by atoms with Crippen molar-refractivity contribution >= 4 is 39.1 Å². The summed E-state index contributed by atoms with van der Waals surface area (Å²) in [7, 11) is 0. The van der Waals surface area contributed by atoms with E-state index in [0.29, 0.717) is 27.5 Å². The van der Waals surface area contributed by atoms with Crippen LogP contribution >= 0.6 is 22.9 Å². The molecule has 1 amide bonds. The molecule has 0 atom stereocenters. The van der Waals surface area contributed by atoms with Crippen LogP contribution in [0.15, 0.2) is 59.4 Å². The molecule has 0 saturated heterocycles. The van der Waals surface area contributed by atoms with Crippen molar-refractivity contribution in [3.63, 3.8) is 0 Å². The lowest BCUT2D eigenvalue weighted by Crippen LogP contribution is -2.35. The Bertz CT molecular complexity index is 1250. The van der Waals surface area contributed by atoms with Crippen LogP contribution in [0.2, 0.25) is 5.02 Å². The van der Waals surface area contributed by atoms with E-state index in [2.05, 4.69) is 15.4 Å². The largest absolute Gasteiger partial charge is 0.354 e. The van der Waals surface area contributed by atoms with Crippen molar-refractivity contribution in [2.45, 2.75) is 19.9 Å². The van der Waals surface area contributed by atoms with Crippen molar-refractivity contribution in [1.82, 2.24) is 20.1 Å². The lowest BCUT2D eigenvalue weighted by molar-refractivity contribution is -0.121. The summed E-state index contributed by atoms with van der Waals surface area (Å²) in [6, 6.07) is 17.1. The fourth-order valence-electron chi connectivity index (χ4n) is 3.15. The van der Waals surface area contributed by atoms with E-state index in [1.807, 2.05) is 49.4 Å². The average Bonchev–Trinajstić information content (AvgIpc) is 3.14. The van der Waals surface area contributed by atoms with E-state index >= 15 is 0 Å². The molecule has 0 fully saturated rings. The minimum absolute atomic E-state index is 0.166. The van der Waals surface area contributed by atoms with Crippen LogP contribution in [0.1, 0.15) is 10.6 Å². The average molecular weight is 439 g/mol. The molecule has 0 aliphatic heterocycles. The van der Waals surface area contributed by atoms with Crippen molar-refractivity contribution in [2.24, 2.45) is 0 Å². The lowest BCUT2D eigenvalue weighted by atomic mass is 10.1. The Morgan fingerprint density at radius 3 is 2.60 bits per heavy atom. The molecule has 4 rings (SSSR count). The van der Waals surface area contributed by atoms with Gasteiger partial charge in [0.2, 0.25) is 5.91 Å². The number of fused-ring (bicyclic) bond motifs is 1. The first kappa shape index (κ1) is 20.3. The fraction of sp³-hybridized carbons (Fsp3) is 0.182. The lowest BCUT2D eigenvalue weighted by Gasteiger charge is -2.09. The zero-order chi connectivity index (χ0) is 21.1. The molecule has 8 heteroatoms. The van der Waals surface area contributed by atoms with E-state index in [9.17, 15) is 9.59 Å². The molecular weight excluding hydrogens is 420 g/mol. The second kappa shape index (κ2) is 8.77. The van der Waals surface area contributed by atoms with Gasteiger partial charge in [0.1, 0.15) is 12.2 Å². The number of carbonyl (C=O) groups is 1. The number of nitrogens with zero attached hydrogens (tertiary/aromatic N) is 3. The highest BCUT2D eigenvalue weighted by molar-refractivity contribution is 7.19. The second-order valence-corrected chi connectivity index (χ2v) is 8.45. The molecule has 30 heavy (non-hydrogen) atoms. The van der Waals surface area contributed by atoms with Gasteiger partial charge >= 0.3 is 0 Å². The third-order valence-corrected chi connectivity index (χ3v) is 5.83. The van der Waals surface area contributed by atoms with Crippen molar-refractivity contribution in [3.05, 3.63) is 80.5 Å². The normalized spacial score (nSPS) is 11.0. The zero-order valence-corrected chi connectivity index (χ0v) is 17.8. The van der Waals surface area contributed by atoms with Gasteiger partial charge in [-0.15, -0.1) is 11.3 Å². The van der Waals surface area contributed by atoms with Gasteiger partial charge in [-0.2, -0.15) is 5.10 Å². The number of aryl methyl sites for hydroxylation is 1.